The number of hydrogen-bond donors (Lipinski definition) is 3. The van der Waals surface area contributed by atoms with Crippen LogP contribution >= 0.6 is 0 Å². The van der Waals surface area contributed by atoms with Crippen molar-refractivity contribution in [2.24, 2.45) is 5.92 Å². The van der Waals surface area contributed by atoms with Crippen molar-refractivity contribution < 1.29 is 19.4 Å². The Morgan fingerprint density at radius 2 is 2.00 bits per heavy atom. The van der Waals surface area contributed by atoms with E-state index in [1.165, 1.54) is 0 Å². The number of amides is 2. The summed E-state index contributed by atoms with van der Waals surface area (Å²) in [6.07, 6.45) is 0. The van der Waals surface area contributed by atoms with Crippen molar-refractivity contribution in [1.82, 2.24) is 5.32 Å². The summed E-state index contributed by atoms with van der Waals surface area (Å²) in [5.74, 6) is -0.319. The molecule has 0 fully saturated rings. The normalized spacial score (nSPS) is 11.8. The van der Waals surface area contributed by atoms with E-state index in [-0.39, 0.29) is 12.1 Å². The van der Waals surface area contributed by atoms with Crippen molar-refractivity contribution in [3.8, 4) is 5.75 Å². The Balaban J connectivity index is 2.57. The average molecular weight is 280 g/mol. The Hall–Kier alpha value is -2.24. The van der Waals surface area contributed by atoms with Gasteiger partial charge in [-0.1, -0.05) is 19.9 Å². The van der Waals surface area contributed by atoms with Crippen molar-refractivity contribution in [3.63, 3.8) is 0 Å². The molecule has 1 aromatic rings. The molecular weight excluding hydrogens is 260 g/mol. The van der Waals surface area contributed by atoms with Gasteiger partial charge < -0.3 is 20.5 Å². The SMILES string of the molecule is CC(C)C(C)NC(=O)Nc1cccc(OCC(=O)O)c1. The first-order valence-electron chi connectivity index (χ1n) is 6.40. The summed E-state index contributed by atoms with van der Waals surface area (Å²) in [5, 5.41) is 14.0. The third-order valence-electron chi connectivity index (χ3n) is 2.81. The van der Waals surface area contributed by atoms with Crippen LogP contribution in [0.2, 0.25) is 0 Å². The fraction of sp³-hybridized carbons (Fsp3) is 0.429. The van der Waals surface area contributed by atoms with Gasteiger partial charge in [-0.05, 0) is 25.0 Å². The van der Waals surface area contributed by atoms with Gasteiger partial charge in [0.2, 0.25) is 0 Å². The Labute approximate surface area is 118 Å². The smallest absolute Gasteiger partial charge is 0.341 e. The molecule has 0 aliphatic heterocycles. The number of aliphatic carboxylic acids is 1. The summed E-state index contributed by atoms with van der Waals surface area (Å²) in [5.41, 5.74) is 0.543. The molecule has 0 radical (unpaired) electrons. The van der Waals surface area contributed by atoms with Crippen molar-refractivity contribution >= 4 is 17.7 Å². The van der Waals surface area contributed by atoms with E-state index in [2.05, 4.69) is 10.6 Å². The largest absolute Gasteiger partial charge is 0.482 e. The van der Waals surface area contributed by atoms with Crippen LogP contribution in [-0.4, -0.2) is 29.8 Å². The third-order valence-corrected chi connectivity index (χ3v) is 2.81. The molecule has 0 aliphatic carbocycles. The van der Waals surface area contributed by atoms with E-state index in [9.17, 15) is 9.59 Å². The van der Waals surface area contributed by atoms with Gasteiger partial charge in [0.15, 0.2) is 6.61 Å². The Morgan fingerprint density at radius 1 is 1.30 bits per heavy atom. The molecule has 1 aromatic carbocycles. The van der Waals surface area contributed by atoms with Crippen LogP contribution in [-0.2, 0) is 4.79 Å². The lowest BCUT2D eigenvalue weighted by Crippen LogP contribution is -2.38. The summed E-state index contributed by atoms with van der Waals surface area (Å²) in [6.45, 7) is 5.55. The highest BCUT2D eigenvalue weighted by molar-refractivity contribution is 5.89. The first-order valence-corrected chi connectivity index (χ1v) is 6.40. The Morgan fingerprint density at radius 3 is 2.60 bits per heavy atom. The van der Waals surface area contributed by atoms with Crippen molar-refractivity contribution in [1.29, 1.82) is 0 Å². The second-order valence-electron chi connectivity index (χ2n) is 4.84. The molecule has 1 atom stereocenters. The number of carbonyl (C=O) groups is 2. The summed E-state index contributed by atoms with van der Waals surface area (Å²) in [6, 6.07) is 6.33. The van der Waals surface area contributed by atoms with E-state index in [1.807, 2.05) is 20.8 Å². The minimum Gasteiger partial charge on any atom is -0.482 e. The van der Waals surface area contributed by atoms with Gasteiger partial charge in [-0.3, -0.25) is 0 Å². The number of carbonyl (C=O) groups excluding carboxylic acids is 1. The van der Waals surface area contributed by atoms with E-state index in [4.69, 9.17) is 9.84 Å². The standard InChI is InChI=1S/C14H20N2O4/c1-9(2)10(3)15-14(19)16-11-5-4-6-12(7-11)20-8-13(17)18/h4-7,9-10H,8H2,1-3H3,(H,17,18)(H2,15,16,19). The van der Waals surface area contributed by atoms with E-state index in [1.54, 1.807) is 24.3 Å². The molecule has 0 spiro atoms. The lowest BCUT2D eigenvalue weighted by atomic mass is 10.1. The number of hydrogen-bond acceptors (Lipinski definition) is 3. The molecule has 6 nitrogen and oxygen atoms in total. The summed E-state index contributed by atoms with van der Waals surface area (Å²) >= 11 is 0. The van der Waals surface area contributed by atoms with Crippen LogP contribution in [0.3, 0.4) is 0 Å². The molecule has 6 heteroatoms. The maximum atomic E-state index is 11.7. The van der Waals surface area contributed by atoms with Crippen molar-refractivity contribution in [2.45, 2.75) is 26.8 Å². The van der Waals surface area contributed by atoms with Crippen molar-refractivity contribution in [2.75, 3.05) is 11.9 Å². The highest BCUT2D eigenvalue weighted by Crippen LogP contribution is 2.17. The number of carboxylic acid groups (broad SMARTS) is 1. The molecule has 2 amide bonds. The van der Waals surface area contributed by atoms with Crippen LogP contribution in [0.4, 0.5) is 10.5 Å². The lowest BCUT2D eigenvalue weighted by molar-refractivity contribution is -0.139. The molecule has 0 saturated carbocycles. The highest BCUT2D eigenvalue weighted by Gasteiger charge is 2.10. The summed E-state index contributed by atoms with van der Waals surface area (Å²) in [4.78, 5) is 22.2. The van der Waals surface area contributed by atoms with Crippen LogP contribution in [0.25, 0.3) is 0 Å². The second-order valence-corrected chi connectivity index (χ2v) is 4.84. The maximum absolute atomic E-state index is 11.7. The molecule has 0 aliphatic rings. The molecule has 0 saturated heterocycles. The van der Waals surface area contributed by atoms with Gasteiger partial charge in [0.25, 0.3) is 0 Å². The third kappa shape index (κ3) is 5.60. The molecule has 1 rings (SSSR count). The van der Waals surface area contributed by atoms with Gasteiger partial charge in [-0.25, -0.2) is 9.59 Å². The van der Waals surface area contributed by atoms with Gasteiger partial charge in [-0.15, -0.1) is 0 Å². The molecule has 110 valence electrons. The summed E-state index contributed by atoms with van der Waals surface area (Å²) in [7, 11) is 0. The van der Waals surface area contributed by atoms with Gasteiger partial charge in [-0.2, -0.15) is 0 Å². The topological polar surface area (TPSA) is 87.7 Å². The second kappa shape index (κ2) is 7.37. The molecule has 20 heavy (non-hydrogen) atoms. The molecule has 0 bridgehead atoms. The number of urea groups is 1. The Kier molecular flexibility index (Phi) is 5.83. The molecule has 3 N–H and O–H groups in total. The molecule has 0 aromatic heterocycles. The van der Waals surface area contributed by atoms with Gasteiger partial charge in [0.05, 0.1) is 0 Å². The monoisotopic (exact) mass is 280 g/mol. The first-order chi connectivity index (χ1) is 9.38. The van der Waals surface area contributed by atoms with Crippen LogP contribution in [0, 0.1) is 5.92 Å². The average Bonchev–Trinajstić information content (AvgIpc) is 2.36. The van der Waals surface area contributed by atoms with Crippen LogP contribution < -0.4 is 15.4 Å². The number of rotatable bonds is 6. The number of carboxylic acids is 1. The minimum absolute atomic E-state index is 0.0569. The maximum Gasteiger partial charge on any atom is 0.341 e. The van der Waals surface area contributed by atoms with Crippen LogP contribution in [0.1, 0.15) is 20.8 Å². The molecular formula is C14H20N2O4. The zero-order valence-electron chi connectivity index (χ0n) is 11.8. The quantitative estimate of drug-likeness (QED) is 0.746. The minimum atomic E-state index is -1.05. The van der Waals surface area contributed by atoms with E-state index in [0.29, 0.717) is 17.4 Å². The van der Waals surface area contributed by atoms with Gasteiger partial charge in [0.1, 0.15) is 5.75 Å². The fourth-order valence-corrected chi connectivity index (χ4v) is 1.35. The van der Waals surface area contributed by atoms with Crippen molar-refractivity contribution in [3.05, 3.63) is 24.3 Å². The van der Waals surface area contributed by atoms with Gasteiger partial charge in [0, 0.05) is 17.8 Å². The van der Waals surface area contributed by atoms with E-state index >= 15 is 0 Å². The Bertz CT molecular complexity index is 474. The van der Waals surface area contributed by atoms with E-state index < -0.39 is 12.6 Å². The number of anilines is 1. The molecule has 0 heterocycles. The fourth-order valence-electron chi connectivity index (χ4n) is 1.35. The predicted molar refractivity (Wildman–Crippen MR) is 76.0 cm³/mol. The number of nitrogens with one attached hydrogen (secondary N) is 2. The van der Waals surface area contributed by atoms with Crippen LogP contribution in [0.5, 0.6) is 5.75 Å². The molecule has 1 unspecified atom stereocenters. The van der Waals surface area contributed by atoms with Gasteiger partial charge >= 0.3 is 12.0 Å². The number of benzene rings is 1. The zero-order valence-corrected chi connectivity index (χ0v) is 11.8. The lowest BCUT2D eigenvalue weighted by Gasteiger charge is -2.18. The highest BCUT2D eigenvalue weighted by atomic mass is 16.5. The van der Waals surface area contributed by atoms with E-state index in [0.717, 1.165) is 0 Å². The summed E-state index contributed by atoms with van der Waals surface area (Å²) < 4.78 is 5.04. The number of ether oxygens (including phenoxy) is 1. The predicted octanol–water partition coefficient (Wildman–Crippen LogP) is 2.32. The first kappa shape index (κ1) is 15.8. The zero-order chi connectivity index (χ0) is 15.1. The van der Waals surface area contributed by atoms with Crippen LogP contribution in [0.15, 0.2) is 24.3 Å².